The summed E-state index contributed by atoms with van der Waals surface area (Å²) in [4.78, 5) is 9.26. The van der Waals surface area contributed by atoms with E-state index < -0.39 is 0 Å². The first-order valence-electron chi connectivity index (χ1n) is 6.38. The fourth-order valence-corrected chi connectivity index (χ4v) is 2.76. The first-order chi connectivity index (χ1) is 9.27. The topological polar surface area (TPSA) is 30.2 Å². The van der Waals surface area contributed by atoms with Gasteiger partial charge in [-0.05, 0) is 32.0 Å². The summed E-state index contributed by atoms with van der Waals surface area (Å²) in [5.74, 6) is 0. The van der Waals surface area contributed by atoms with E-state index in [2.05, 4.69) is 53.6 Å². The third kappa shape index (κ3) is 1.27. The summed E-state index contributed by atoms with van der Waals surface area (Å²) in [5, 5.41) is 2.28. The number of nitrogens with zero attached hydrogens (tertiary/aromatic N) is 3. The summed E-state index contributed by atoms with van der Waals surface area (Å²) < 4.78 is 2.23. The van der Waals surface area contributed by atoms with Crippen LogP contribution in [0, 0.1) is 13.8 Å². The van der Waals surface area contributed by atoms with Crippen LogP contribution in [0.1, 0.15) is 11.4 Å². The Balaban J connectivity index is 2.47. The lowest BCUT2D eigenvalue weighted by Gasteiger charge is -2.08. The number of rotatable bonds is 0. The van der Waals surface area contributed by atoms with Gasteiger partial charge in [0.05, 0.1) is 16.7 Å². The Morgan fingerprint density at radius 2 is 1.74 bits per heavy atom. The lowest BCUT2D eigenvalue weighted by atomic mass is 10.1. The van der Waals surface area contributed by atoms with E-state index in [-0.39, 0.29) is 0 Å². The lowest BCUT2D eigenvalue weighted by molar-refractivity contribution is 1.14. The second-order valence-corrected chi connectivity index (χ2v) is 4.86. The van der Waals surface area contributed by atoms with Gasteiger partial charge in [-0.3, -0.25) is 9.38 Å². The quantitative estimate of drug-likeness (QED) is 0.444. The molecule has 0 radical (unpaired) electrons. The van der Waals surface area contributed by atoms with Crippen LogP contribution in [-0.4, -0.2) is 14.4 Å². The summed E-state index contributed by atoms with van der Waals surface area (Å²) in [7, 11) is 0. The van der Waals surface area contributed by atoms with E-state index in [1.807, 2.05) is 12.3 Å². The van der Waals surface area contributed by atoms with Crippen molar-refractivity contribution in [3.63, 3.8) is 0 Å². The van der Waals surface area contributed by atoms with Crippen LogP contribution in [-0.2, 0) is 0 Å². The molecule has 1 aromatic carbocycles. The van der Waals surface area contributed by atoms with Gasteiger partial charge in [0.15, 0.2) is 0 Å². The summed E-state index contributed by atoms with van der Waals surface area (Å²) in [6.45, 7) is 4.17. The Morgan fingerprint density at radius 3 is 2.63 bits per heavy atom. The predicted octanol–water partition coefficient (Wildman–Crippen LogP) is 3.65. The molecule has 19 heavy (non-hydrogen) atoms. The third-order valence-electron chi connectivity index (χ3n) is 3.79. The van der Waals surface area contributed by atoms with E-state index in [9.17, 15) is 0 Å². The molecule has 0 saturated heterocycles. The Bertz CT molecular complexity index is 935. The van der Waals surface area contributed by atoms with E-state index in [1.54, 1.807) is 0 Å². The summed E-state index contributed by atoms with van der Waals surface area (Å²) in [6, 6.07) is 12.4. The van der Waals surface area contributed by atoms with Crippen molar-refractivity contribution in [3.8, 4) is 0 Å². The van der Waals surface area contributed by atoms with Gasteiger partial charge in [0.2, 0.25) is 0 Å². The zero-order valence-corrected chi connectivity index (χ0v) is 10.9. The highest BCUT2D eigenvalue weighted by atomic mass is 15.0. The smallest absolute Gasteiger partial charge is 0.147 e. The molecule has 0 amide bonds. The van der Waals surface area contributed by atoms with Crippen LogP contribution in [0.4, 0.5) is 0 Å². The molecule has 3 aromatic heterocycles. The van der Waals surface area contributed by atoms with Crippen molar-refractivity contribution in [2.75, 3.05) is 0 Å². The summed E-state index contributed by atoms with van der Waals surface area (Å²) >= 11 is 0. The SMILES string of the molecule is Cc1nc2c3cccnc3c3ccccc3n2c1C. The predicted molar refractivity (Wildman–Crippen MR) is 77.5 cm³/mol. The molecule has 3 heterocycles. The van der Waals surface area contributed by atoms with Crippen LogP contribution in [0.15, 0.2) is 42.6 Å². The molecule has 0 fully saturated rings. The highest BCUT2D eigenvalue weighted by Crippen LogP contribution is 2.29. The second-order valence-electron chi connectivity index (χ2n) is 4.86. The zero-order chi connectivity index (χ0) is 13.0. The van der Waals surface area contributed by atoms with Crippen molar-refractivity contribution in [2.45, 2.75) is 13.8 Å². The molecule has 0 atom stereocenters. The average molecular weight is 247 g/mol. The lowest BCUT2D eigenvalue weighted by Crippen LogP contribution is -1.94. The number of aryl methyl sites for hydroxylation is 2. The number of fused-ring (bicyclic) bond motifs is 6. The van der Waals surface area contributed by atoms with Gasteiger partial charge in [-0.2, -0.15) is 0 Å². The molecule has 3 nitrogen and oxygen atoms in total. The molecule has 0 saturated carbocycles. The highest BCUT2D eigenvalue weighted by molar-refractivity contribution is 6.09. The molecular formula is C16H13N3. The van der Waals surface area contributed by atoms with Gasteiger partial charge < -0.3 is 0 Å². The van der Waals surface area contributed by atoms with E-state index >= 15 is 0 Å². The number of pyridine rings is 2. The molecule has 0 N–H and O–H groups in total. The van der Waals surface area contributed by atoms with Gasteiger partial charge in [0, 0.05) is 22.7 Å². The van der Waals surface area contributed by atoms with Gasteiger partial charge in [-0.25, -0.2) is 4.98 Å². The van der Waals surface area contributed by atoms with Crippen molar-refractivity contribution >= 4 is 27.5 Å². The molecule has 4 rings (SSSR count). The summed E-state index contributed by atoms with van der Waals surface area (Å²) in [5.41, 5.74) is 5.45. The second kappa shape index (κ2) is 3.54. The number of hydrogen-bond donors (Lipinski definition) is 0. The Morgan fingerprint density at radius 1 is 0.947 bits per heavy atom. The van der Waals surface area contributed by atoms with Gasteiger partial charge in [-0.15, -0.1) is 0 Å². The fourth-order valence-electron chi connectivity index (χ4n) is 2.76. The van der Waals surface area contributed by atoms with Crippen LogP contribution in [0.3, 0.4) is 0 Å². The maximum absolute atomic E-state index is 4.71. The molecule has 4 aromatic rings. The zero-order valence-electron chi connectivity index (χ0n) is 10.9. The molecule has 0 aliphatic rings. The normalized spacial score (nSPS) is 11.7. The fraction of sp³-hybridized carbons (Fsp3) is 0.125. The number of hydrogen-bond acceptors (Lipinski definition) is 2. The third-order valence-corrected chi connectivity index (χ3v) is 3.79. The monoisotopic (exact) mass is 247 g/mol. The minimum Gasteiger partial charge on any atom is -0.296 e. The van der Waals surface area contributed by atoms with E-state index in [1.165, 1.54) is 16.6 Å². The molecule has 0 aliphatic carbocycles. The average Bonchev–Trinajstić information content (AvgIpc) is 2.76. The maximum Gasteiger partial charge on any atom is 0.147 e. The van der Waals surface area contributed by atoms with E-state index in [0.29, 0.717) is 0 Å². The van der Waals surface area contributed by atoms with Crippen LogP contribution < -0.4 is 0 Å². The summed E-state index contributed by atoms with van der Waals surface area (Å²) in [6.07, 6.45) is 1.84. The molecule has 0 unspecified atom stereocenters. The molecule has 0 bridgehead atoms. The molecular weight excluding hydrogens is 234 g/mol. The Kier molecular flexibility index (Phi) is 1.96. The number of aromatic nitrogens is 3. The van der Waals surface area contributed by atoms with Crippen LogP contribution in [0.5, 0.6) is 0 Å². The molecule has 3 heteroatoms. The number of para-hydroxylation sites is 1. The Labute approximate surface area is 110 Å². The van der Waals surface area contributed by atoms with Gasteiger partial charge in [0.25, 0.3) is 0 Å². The standard InChI is InChI=1S/C16H13N3/c1-10-11(2)19-14-8-4-3-6-12(14)15-13(16(19)18-10)7-5-9-17-15/h3-9H,1-2H3. The van der Waals surface area contributed by atoms with Gasteiger partial charge in [-0.1, -0.05) is 18.2 Å². The van der Waals surface area contributed by atoms with Crippen LogP contribution in [0.2, 0.25) is 0 Å². The highest BCUT2D eigenvalue weighted by Gasteiger charge is 2.13. The van der Waals surface area contributed by atoms with Gasteiger partial charge in [0.1, 0.15) is 5.65 Å². The Hall–Kier alpha value is -2.42. The van der Waals surface area contributed by atoms with E-state index in [0.717, 1.165) is 22.2 Å². The van der Waals surface area contributed by atoms with Crippen molar-refractivity contribution in [2.24, 2.45) is 0 Å². The largest absolute Gasteiger partial charge is 0.296 e. The van der Waals surface area contributed by atoms with Crippen molar-refractivity contribution in [1.29, 1.82) is 0 Å². The van der Waals surface area contributed by atoms with Crippen LogP contribution in [0.25, 0.3) is 27.5 Å². The van der Waals surface area contributed by atoms with E-state index in [4.69, 9.17) is 4.98 Å². The number of benzene rings is 1. The minimum atomic E-state index is 0.997. The minimum absolute atomic E-state index is 0.997. The molecule has 0 spiro atoms. The van der Waals surface area contributed by atoms with Crippen molar-refractivity contribution in [3.05, 3.63) is 54.0 Å². The maximum atomic E-state index is 4.71. The first-order valence-corrected chi connectivity index (χ1v) is 6.38. The van der Waals surface area contributed by atoms with Crippen molar-refractivity contribution in [1.82, 2.24) is 14.4 Å². The van der Waals surface area contributed by atoms with Crippen molar-refractivity contribution < 1.29 is 0 Å². The first kappa shape index (κ1) is 10.5. The number of imidazole rings is 1. The molecule has 92 valence electrons. The molecule has 0 aliphatic heterocycles. The van der Waals surface area contributed by atoms with Crippen LogP contribution >= 0.6 is 0 Å². The van der Waals surface area contributed by atoms with Gasteiger partial charge >= 0.3 is 0 Å².